The largest absolute Gasteiger partial charge is 0.442 e. The van der Waals surface area contributed by atoms with Crippen LogP contribution >= 0.6 is 0 Å². The lowest BCUT2D eigenvalue weighted by molar-refractivity contribution is -0.388. The Balaban J connectivity index is 1.97. The van der Waals surface area contributed by atoms with Gasteiger partial charge in [-0.2, -0.15) is 23.4 Å². The van der Waals surface area contributed by atoms with Crippen molar-refractivity contribution in [3.8, 4) is 0 Å². The van der Waals surface area contributed by atoms with Crippen LogP contribution in [-0.4, -0.2) is 36.9 Å². The normalized spacial score (nSPS) is 11.5. The summed E-state index contributed by atoms with van der Waals surface area (Å²) in [6.45, 7) is 1.43. The lowest BCUT2D eigenvalue weighted by Gasteiger charge is -2.06. The molecular formula is C13H15F3N6O3. The average Bonchev–Trinajstić information content (AvgIpc) is 3.12. The van der Waals surface area contributed by atoms with E-state index < -0.39 is 34.9 Å². The maximum absolute atomic E-state index is 12.8. The highest BCUT2D eigenvalue weighted by Crippen LogP contribution is 2.36. The molecule has 9 nitrogen and oxygen atoms in total. The molecule has 12 heteroatoms. The molecule has 0 bridgehead atoms. The monoisotopic (exact) mass is 360 g/mol. The van der Waals surface area contributed by atoms with Crippen LogP contribution in [0.15, 0.2) is 18.5 Å². The first-order valence-corrected chi connectivity index (χ1v) is 7.23. The van der Waals surface area contributed by atoms with Gasteiger partial charge in [-0.1, -0.05) is 0 Å². The molecule has 0 atom stereocenters. The SMILES string of the molecule is Cc1c([N+](=O)[O-])c(C(F)(F)F)nn1CC(=O)NCCCn1cccn1. The fourth-order valence-corrected chi connectivity index (χ4v) is 2.19. The summed E-state index contributed by atoms with van der Waals surface area (Å²) >= 11 is 0. The molecule has 25 heavy (non-hydrogen) atoms. The first-order chi connectivity index (χ1) is 11.7. The van der Waals surface area contributed by atoms with Crippen LogP contribution in [-0.2, 0) is 24.1 Å². The topological polar surface area (TPSA) is 108 Å². The van der Waals surface area contributed by atoms with Gasteiger partial charge in [-0.05, 0) is 19.4 Å². The maximum atomic E-state index is 12.8. The fourth-order valence-electron chi connectivity index (χ4n) is 2.19. The van der Waals surface area contributed by atoms with E-state index in [1.165, 1.54) is 0 Å². The van der Waals surface area contributed by atoms with Crippen LogP contribution in [0.1, 0.15) is 17.8 Å². The zero-order valence-electron chi connectivity index (χ0n) is 13.2. The van der Waals surface area contributed by atoms with Gasteiger partial charge in [0.05, 0.1) is 4.92 Å². The Hall–Kier alpha value is -2.92. The molecular weight excluding hydrogens is 345 g/mol. The highest BCUT2D eigenvalue weighted by Gasteiger charge is 2.44. The van der Waals surface area contributed by atoms with Gasteiger partial charge in [-0.3, -0.25) is 24.3 Å². The minimum Gasteiger partial charge on any atom is -0.354 e. The Morgan fingerprint density at radius 1 is 1.44 bits per heavy atom. The van der Waals surface area contributed by atoms with Crippen LogP contribution in [0.4, 0.5) is 18.9 Å². The van der Waals surface area contributed by atoms with Crippen molar-refractivity contribution in [2.75, 3.05) is 6.54 Å². The second-order valence-electron chi connectivity index (χ2n) is 5.17. The molecule has 0 fully saturated rings. The Morgan fingerprint density at radius 3 is 2.68 bits per heavy atom. The lowest BCUT2D eigenvalue weighted by atomic mass is 10.3. The molecule has 2 aromatic heterocycles. The van der Waals surface area contributed by atoms with E-state index in [4.69, 9.17) is 0 Å². The fraction of sp³-hybridized carbons (Fsp3) is 0.462. The summed E-state index contributed by atoms with van der Waals surface area (Å²) in [7, 11) is 0. The van der Waals surface area contributed by atoms with E-state index in [2.05, 4.69) is 15.5 Å². The van der Waals surface area contributed by atoms with E-state index in [1.54, 1.807) is 23.1 Å². The second-order valence-corrected chi connectivity index (χ2v) is 5.17. The van der Waals surface area contributed by atoms with Gasteiger partial charge < -0.3 is 5.32 Å². The van der Waals surface area contributed by atoms with Gasteiger partial charge in [-0.15, -0.1) is 0 Å². The van der Waals surface area contributed by atoms with E-state index >= 15 is 0 Å². The smallest absolute Gasteiger partial charge is 0.354 e. The lowest BCUT2D eigenvalue weighted by Crippen LogP contribution is -2.29. The zero-order valence-corrected chi connectivity index (χ0v) is 13.2. The zero-order chi connectivity index (χ0) is 18.6. The van der Waals surface area contributed by atoms with Crippen LogP contribution in [0.2, 0.25) is 0 Å². The highest BCUT2D eigenvalue weighted by molar-refractivity contribution is 5.75. The van der Waals surface area contributed by atoms with Crippen molar-refractivity contribution in [1.29, 1.82) is 0 Å². The molecule has 0 aliphatic heterocycles. The Kier molecular flexibility index (Phi) is 5.39. The summed E-state index contributed by atoms with van der Waals surface area (Å²) in [6, 6.07) is 1.75. The molecule has 0 spiro atoms. The van der Waals surface area contributed by atoms with Crippen LogP contribution in [0.3, 0.4) is 0 Å². The number of carbonyl (C=O) groups is 1. The summed E-state index contributed by atoms with van der Waals surface area (Å²) in [5.41, 5.74) is -3.08. The van der Waals surface area contributed by atoms with E-state index in [-0.39, 0.29) is 12.2 Å². The number of nitrogens with zero attached hydrogens (tertiary/aromatic N) is 5. The molecule has 0 unspecified atom stereocenters. The molecule has 0 radical (unpaired) electrons. The molecule has 0 aromatic carbocycles. The minimum absolute atomic E-state index is 0.285. The van der Waals surface area contributed by atoms with E-state index in [0.717, 1.165) is 6.92 Å². The number of nitro groups is 1. The summed E-state index contributed by atoms with van der Waals surface area (Å²) in [4.78, 5) is 21.5. The van der Waals surface area contributed by atoms with Crippen LogP contribution in [0.25, 0.3) is 0 Å². The predicted octanol–water partition coefficient (Wildman–Crippen LogP) is 1.52. The Morgan fingerprint density at radius 2 is 2.16 bits per heavy atom. The van der Waals surface area contributed by atoms with Gasteiger partial charge in [0.25, 0.3) is 0 Å². The van der Waals surface area contributed by atoms with Crippen molar-refractivity contribution in [2.24, 2.45) is 0 Å². The number of rotatable bonds is 7. The second kappa shape index (κ2) is 7.32. The first kappa shape index (κ1) is 18.4. The number of halogens is 3. The molecule has 0 saturated carbocycles. The molecule has 136 valence electrons. The first-order valence-electron chi connectivity index (χ1n) is 7.23. The molecule has 1 amide bonds. The third-order valence-electron chi connectivity index (χ3n) is 3.36. The summed E-state index contributed by atoms with van der Waals surface area (Å²) in [5, 5.41) is 20.6. The summed E-state index contributed by atoms with van der Waals surface area (Å²) in [5.74, 6) is -0.588. The van der Waals surface area contributed by atoms with Gasteiger partial charge >= 0.3 is 11.9 Å². The molecule has 0 saturated heterocycles. The molecule has 2 rings (SSSR count). The third-order valence-corrected chi connectivity index (χ3v) is 3.36. The number of alkyl halides is 3. The molecule has 0 aliphatic rings. The van der Waals surface area contributed by atoms with Crippen molar-refractivity contribution >= 4 is 11.6 Å². The van der Waals surface area contributed by atoms with Gasteiger partial charge in [0.15, 0.2) is 0 Å². The number of aryl methyl sites for hydroxylation is 1. The maximum Gasteiger partial charge on any atom is 0.442 e. The average molecular weight is 360 g/mol. The van der Waals surface area contributed by atoms with E-state index in [9.17, 15) is 28.1 Å². The Bertz CT molecular complexity index is 754. The van der Waals surface area contributed by atoms with Crippen LogP contribution in [0, 0.1) is 17.0 Å². The van der Waals surface area contributed by atoms with Crippen molar-refractivity contribution in [2.45, 2.75) is 32.6 Å². The standard InChI is InChI=1S/C13H15F3N6O3/c1-9-11(22(24)25)12(13(14,15)16)19-21(9)8-10(23)17-4-2-6-20-7-3-5-18-20/h3,5,7H,2,4,6,8H2,1H3,(H,17,23). The van der Waals surface area contributed by atoms with E-state index in [1.807, 2.05) is 0 Å². The van der Waals surface area contributed by atoms with Crippen LogP contribution in [0.5, 0.6) is 0 Å². The van der Waals surface area contributed by atoms with E-state index in [0.29, 0.717) is 17.6 Å². The van der Waals surface area contributed by atoms with Gasteiger partial charge in [-0.25, -0.2) is 0 Å². The number of nitrogens with one attached hydrogen (secondary N) is 1. The van der Waals surface area contributed by atoms with Crippen molar-refractivity contribution in [3.63, 3.8) is 0 Å². The van der Waals surface area contributed by atoms with Crippen LogP contribution < -0.4 is 5.32 Å². The molecule has 2 heterocycles. The van der Waals surface area contributed by atoms with Gasteiger partial charge in [0.2, 0.25) is 11.6 Å². The summed E-state index contributed by atoms with van der Waals surface area (Å²) < 4.78 is 40.9. The number of carbonyl (C=O) groups excluding carboxylic acids is 1. The molecule has 1 N–H and O–H groups in total. The van der Waals surface area contributed by atoms with Crippen molar-refractivity contribution < 1.29 is 22.9 Å². The summed E-state index contributed by atoms with van der Waals surface area (Å²) in [6.07, 6.45) is -1.03. The quantitative estimate of drug-likeness (QED) is 0.458. The highest BCUT2D eigenvalue weighted by atomic mass is 19.4. The van der Waals surface area contributed by atoms with Crippen molar-refractivity contribution in [3.05, 3.63) is 40.0 Å². The van der Waals surface area contributed by atoms with Gasteiger partial charge in [0, 0.05) is 25.5 Å². The predicted molar refractivity (Wildman–Crippen MR) is 78.5 cm³/mol. The minimum atomic E-state index is -4.97. The van der Waals surface area contributed by atoms with Crippen molar-refractivity contribution in [1.82, 2.24) is 24.9 Å². The number of hydrogen-bond donors (Lipinski definition) is 1. The Labute approximate surface area is 139 Å². The molecule has 2 aromatic rings. The molecule has 0 aliphatic carbocycles. The number of aromatic nitrogens is 4. The van der Waals surface area contributed by atoms with Gasteiger partial charge in [0.1, 0.15) is 12.2 Å². The number of hydrogen-bond acceptors (Lipinski definition) is 5. The number of amides is 1. The third kappa shape index (κ3) is 4.55.